The Bertz CT molecular complexity index is 552. The van der Waals surface area contributed by atoms with E-state index in [2.05, 4.69) is 52.6 Å². The van der Waals surface area contributed by atoms with Gasteiger partial charge in [-0.05, 0) is 31.4 Å². The average molecular weight is 256 g/mol. The zero-order chi connectivity index (χ0) is 13.7. The van der Waals surface area contributed by atoms with Gasteiger partial charge < -0.3 is 10.6 Å². The number of nitrogens with one attached hydrogen (secondary N) is 2. The van der Waals surface area contributed by atoms with Gasteiger partial charge in [0.05, 0.1) is 0 Å². The minimum absolute atomic E-state index is 0.823. The van der Waals surface area contributed by atoms with Gasteiger partial charge in [-0.3, -0.25) is 0 Å². The summed E-state index contributed by atoms with van der Waals surface area (Å²) in [4.78, 5) is 8.28. The summed E-state index contributed by atoms with van der Waals surface area (Å²) in [6.45, 7) is 5.14. The molecule has 0 saturated heterocycles. The fourth-order valence-corrected chi connectivity index (χ4v) is 2.04. The second-order valence-electron chi connectivity index (χ2n) is 4.65. The number of nitrogens with zero attached hydrogens (tertiary/aromatic N) is 2. The van der Waals surface area contributed by atoms with Crippen molar-refractivity contribution < 1.29 is 0 Å². The van der Waals surface area contributed by atoms with Gasteiger partial charge in [-0.1, -0.05) is 23.8 Å². The molecule has 0 aliphatic carbocycles. The summed E-state index contributed by atoms with van der Waals surface area (Å²) in [5.41, 5.74) is 4.03. The molecular formula is C15H20N4. The van der Waals surface area contributed by atoms with Crippen LogP contribution in [0.4, 0.5) is 11.6 Å². The van der Waals surface area contributed by atoms with Crippen molar-refractivity contribution in [2.75, 3.05) is 24.2 Å². The lowest BCUT2D eigenvalue weighted by Crippen LogP contribution is -2.08. The number of hydrogen-bond donors (Lipinski definition) is 2. The van der Waals surface area contributed by atoms with Gasteiger partial charge in [0.25, 0.3) is 0 Å². The van der Waals surface area contributed by atoms with Gasteiger partial charge in [0.15, 0.2) is 0 Å². The van der Waals surface area contributed by atoms with Crippen LogP contribution >= 0.6 is 0 Å². The predicted molar refractivity (Wildman–Crippen MR) is 79.7 cm³/mol. The Morgan fingerprint density at radius 2 is 1.84 bits per heavy atom. The van der Waals surface area contributed by atoms with Crippen molar-refractivity contribution in [3.05, 3.63) is 47.3 Å². The Morgan fingerprint density at radius 1 is 1.05 bits per heavy atom. The van der Waals surface area contributed by atoms with Gasteiger partial charge in [-0.15, -0.1) is 0 Å². The maximum atomic E-state index is 4.19. The van der Waals surface area contributed by atoms with E-state index in [9.17, 15) is 0 Å². The third kappa shape index (κ3) is 3.68. The maximum absolute atomic E-state index is 4.19. The van der Waals surface area contributed by atoms with Gasteiger partial charge in [0.1, 0.15) is 18.0 Å². The van der Waals surface area contributed by atoms with Crippen LogP contribution in [0.5, 0.6) is 0 Å². The molecule has 0 atom stereocenters. The van der Waals surface area contributed by atoms with Crippen LogP contribution in [0.25, 0.3) is 0 Å². The van der Waals surface area contributed by atoms with E-state index >= 15 is 0 Å². The molecule has 1 aromatic heterocycles. The highest BCUT2D eigenvalue weighted by atomic mass is 15.0. The number of rotatable bonds is 5. The molecule has 0 aliphatic heterocycles. The molecule has 0 spiro atoms. The summed E-state index contributed by atoms with van der Waals surface area (Å²) >= 11 is 0. The lowest BCUT2D eigenvalue weighted by Gasteiger charge is -2.09. The summed E-state index contributed by atoms with van der Waals surface area (Å²) in [7, 11) is 1.85. The molecular weight excluding hydrogens is 236 g/mol. The lowest BCUT2D eigenvalue weighted by molar-refractivity contribution is 0.986. The first-order valence-corrected chi connectivity index (χ1v) is 6.49. The van der Waals surface area contributed by atoms with Crippen LogP contribution in [-0.4, -0.2) is 23.6 Å². The zero-order valence-electron chi connectivity index (χ0n) is 11.7. The molecule has 2 rings (SSSR count). The van der Waals surface area contributed by atoms with Crippen molar-refractivity contribution in [2.45, 2.75) is 20.3 Å². The average Bonchev–Trinajstić information content (AvgIpc) is 2.41. The molecule has 0 saturated carbocycles. The highest BCUT2D eigenvalue weighted by molar-refractivity contribution is 5.46. The summed E-state index contributed by atoms with van der Waals surface area (Å²) in [6.07, 6.45) is 2.55. The van der Waals surface area contributed by atoms with Gasteiger partial charge >= 0.3 is 0 Å². The number of aryl methyl sites for hydroxylation is 2. The molecule has 0 unspecified atom stereocenters. The second-order valence-corrected chi connectivity index (χ2v) is 4.65. The van der Waals surface area contributed by atoms with Gasteiger partial charge in [0, 0.05) is 19.7 Å². The molecule has 2 N–H and O–H groups in total. The maximum Gasteiger partial charge on any atom is 0.131 e. The van der Waals surface area contributed by atoms with Crippen LogP contribution in [0.1, 0.15) is 16.7 Å². The van der Waals surface area contributed by atoms with Gasteiger partial charge in [-0.25, -0.2) is 9.97 Å². The van der Waals surface area contributed by atoms with Crippen molar-refractivity contribution in [3.8, 4) is 0 Å². The van der Waals surface area contributed by atoms with Crippen LogP contribution in [0, 0.1) is 13.8 Å². The van der Waals surface area contributed by atoms with Crippen molar-refractivity contribution in [2.24, 2.45) is 0 Å². The molecule has 0 radical (unpaired) electrons. The summed E-state index contributed by atoms with van der Waals surface area (Å²) < 4.78 is 0. The molecule has 2 aromatic rings. The first-order valence-electron chi connectivity index (χ1n) is 6.49. The zero-order valence-corrected chi connectivity index (χ0v) is 11.7. The van der Waals surface area contributed by atoms with E-state index in [1.54, 1.807) is 6.33 Å². The SMILES string of the molecule is CNc1cc(NCCc2ccc(C)cc2C)ncn1. The molecule has 100 valence electrons. The second kappa shape index (κ2) is 6.18. The molecule has 0 amide bonds. The molecule has 19 heavy (non-hydrogen) atoms. The van der Waals surface area contributed by atoms with Crippen LogP contribution in [0.2, 0.25) is 0 Å². The quantitative estimate of drug-likeness (QED) is 0.863. The lowest BCUT2D eigenvalue weighted by atomic mass is 10.0. The van der Waals surface area contributed by atoms with E-state index in [0.29, 0.717) is 0 Å². The topological polar surface area (TPSA) is 49.8 Å². The normalized spacial score (nSPS) is 10.3. The summed E-state index contributed by atoms with van der Waals surface area (Å²) in [5, 5.41) is 6.32. The third-order valence-electron chi connectivity index (χ3n) is 3.12. The Balaban J connectivity index is 1.92. The molecule has 4 heteroatoms. The highest BCUT2D eigenvalue weighted by Crippen LogP contribution is 2.12. The van der Waals surface area contributed by atoms with E-state index in [1.807, 2.05) is 13.1 Å². The Hall–Kier alpha value is -2.10. The van der Waals surface area contributed by atoms with E-state index < -0.39 is 0 Å². The Kier molecular flexibility index (Phi) is 4.34. The van der Waals surface area contributed by atoms with Gasteiger partial charge in [-0.2, -0.15) is 0 Å². The molecule has 0 fully saturated rings. The Labute approximate surface area is 114 Å². The minimum atomic E-state index is 0.823. The predicted octanol–water partition coefficient (Wildman–Crippen LogP) is 2.79. The third-order valence-corrected chi connectivity index (χ3v) is 3.12. The number of aromatic nitrogens is 2. The number of hydrogen-bond acceptors (Lipinski definition) is 4. The number of anilines is 2. The highest BCUT2D eigenvalue weighted by Gasteiger charge is 2.00. The van der Waals surface area contributed by atoms with Crippen molar-refractivity contribution in [1.82, 2.24) is 9.97 Å². The van der Waals surface area contributed by atoms with E-state index in [-0.39, 0.29) is 0 Å². The van der Waals surface area contributed by atoms with Crippen molar-refractivity contribution in [3.63, 3.8) is 0 Å². The monoisotopic (exact) mass is 256 g/mol. The fraction of sp³-hybridized carbons (Fsp3) is 0.333. The molecule has 1 aromatic carbocycles. The summed E-state index contributed by atoms with van der Waals surface area (Å²) in [6, 6.07) is 8.48. The van der Waals surface area contributed by atoms with Crippen LogP contribution in [0.3, 0.4) is 0 Å². The van der Waals surface area contributed by atoms with E-state index in [0.717, 1.165) is 24.6 Å². The first-order chi connectivity index (χ1) is 9.19. The number of benzene rings is 1. The summed E-state index contributed by atoms with van der Waals surface area (Å²) in [5.74, 6) is 1.67. The first kappa shape index (κ1) is 13.3. The minimum Gasteiger partial charge on any atom is -0.373 e. The molecule has 1 heterocycles. The molecule has 0 bridgehead atoms. The van der Waals surface area contributed by atoms with E-state index in [1.165, 1.54) is 16.7 Å². The van der Waals surface area contributed by atoms with Crippen molar-refractivity contribution in [1.29, 1.82) is 0 Å². The van der Waals surface area contributed by atoms with Crippen molar-refractivity contribution >= 4 is 11.6 Å². The smallest absolute Gasteiger partial charge is 0.131 e. The fourth-order valence-electron chi connectivity index (χ4n) is 2.04. The largest absolute Gasteiger partial charge is 0.373 e. The standard InChI is InChI=1S/C15H20N4/c1-11-4-5-13(12(2)8-11)6-7-17-15-9-14(16-3)18-10-19-15/h4-5,8-10H,6-7H2,1-3H3,(H2,16,17,18,19). The molecule has 0 aliphatic rings. The van der Waals surface area contributed by atoms with Crippen LogP contribution in [0.15, 0.2) is 30.6 Å². The van der Waals surface area contributed by atoms with E-state index in [4.69, 9.17) is 0 Å². The Morgan fingerprint density at radius 3 is 2.58 bits per heavy atom. The van der Waals surface area contributed by atoms with Gasteiger partial charge in [0.2, 0.25) is 0 Å². The van der Waals surface area contributed by atoms with Crippen LogP contribution < -0.4 is 10.6 Å². The van der Waals surface area contributed by atoms with Crippen LogP contribution in [-0.2, 0) is 6.42 Å². The molecule has 4 nitrogen and oxygen atoms in total.